The van der Waals surface area contributed by atoms with Gasteiger partial charge in [-0.3, -0.25) is 0 Å². The molecule has 2 N–H and O–H groups in total. The molecule has 2 rings (SSSR count). The second-order valence-corrected chi connectivity index (χ2v) is 5.52. The summed E-state index contributed by atoms with van der Waals surface area (Å²) in [5.41, 5.74) is 0.184. The molecule has 1 atom stereocenters. The number of halogens is 2. The summed E-state index contributed by atoms with van der Waals surface area (Å²) in [6, 6.07) is 10.9. The van der Waals surface area contributed by atoms with Crippen LogP contribution in [0.2, 0.25) is 5.02 Å². The first-order valence-corrected chi connectivity index (χ1v) is 6.74. The third-order valence-electron chi connectivity index (χ3n) is 3.27. The topological polar surface area (TPSA) is 49.3 Å². The summed E-state index contributed by atoms with van der Waals surface area (Å²) in [5.74, 6) is -1.50. The van der Waals surface area contributed by atoms with E-state index < -0.39 is 17.3 Å². The number of carboxylic acids is 1. The summed E-state index contributed by atoms with van der Waals surface area (Å²) < 4.78 is 13.5. The zero-order chi connectivity index (χ0) is 15.6. The van der Waals surface area contributed by atoms with Crippen LogP contribution in [0.1, 0.15) is 18.1 Å². The van der Waals surface area contributed by atoms with E-state index >= 15 is 0 Å². The summed E-state index contributed by atoms with van der Waals surface area (Å²) in [5, 5.41) is 12.9. The summed E-state index contributed by atoms with van der Waals surface area (Å²) in [7, 11) is 0. The van der Waals surface area contributed by atoms with Gasteiger partial charge in [0.15, 0.2) is 5.54 Å². The number of aryl methyl sites for hydroxylation is 1. The lowest BCUT2D eigenvalue weighted by atomic mass is 9.91. The lowest BCUT2D eigenvalue weighted by Gasteiger charge is -2.28. The minimum atomic E-state index is -1.41. The number of aliphatic carboxylic acids is 1. The molecule has 0 saturated carbocycles. The lowest BCUT2D eigenvalue weighted by molar-refractivity contribution is -0.142. The third kappa shape index (κ3) is 3.34. The largest absolute Gasteiger partial charge is 0.479 e. The van der Waals surface area contributed by atoms with Crippen molar-refractivity contribution in [1.82, 2.24) is 0 Å². The highest BCUT2D eigenvalue weighted by Crippen LogP contribution is 2.29. The Morgan fingerprint density at radius 1 is 1.29 bits per heavy atom. The minimum Gasteiger partial charge on any atom is -0.479 e. The number of benzene rings is 2. The Morgan fingerprint density at radius 3 is 2.57 bits per heavy atom. The summed E-state index contributed by atoms with van der Waals surface area (Å²) in [4.78, 5) is 11.7. The molecular weight excluding hydrogens is 293 g/mol. The highest BCUT2D eigenvalue weighted by molar-refractivity contribution is 6.30. The van der Waals surface area contributed by atoms with Gasteiger partial charge >= 0.3 is 5.97 Å². The van der Waals surface area contributed by atoms with Gasteiger partial charge in [-0.15, -0.1) is 0 Å². The van der Waals surface area contributed by atoms with Crippen molar-refractivity contribution < 1.29 is 14.3 Å². The maximum Gasteiger partial charge on any atom is 0.333 e. The summed E-state index contributed by atoms with van der Waals surface area (Å²) in [6.07, 6.45) is 0. The molecule has 0 spiro atoms. The monoisotopic (exact) mass is 307 g/mol. The first-order chi connectivity index (χ1) is 9.81. The summed E-state index contributed by atoms with van der Waals surface area (Å²) in [6.45, 7) is 3.26. The van der Waals surface area contributed by atoms with Crippen molar-refractivity contribution in [2.75, 3.05) is 5.32 Å². The first-order valence-electron chi connectivity index (χ1n) is 6.36. The van der Waals surface area contributed by atoms with Crippen LogP contribution in [0.3, 0.4) is 0 Å². The fourth-order valence-corrected chi connectivity index (χ4v) is 2.34. The number of hydrogen-bond acceptors (Lipinski definition) is 2. The molecule has 21 heavy (non-hydrogen) atoms. The predicted molar refractivity (Wildman–Crippen MR) is 81.2 cm³/mol. The van der Waals surface area contributed by atoms with Crippen molar-refractivity contribution in [3.8, 4) is 0 Å². The Labute approximate surface area is 127 Å². The van der Waals surface area contributed by atoms with E-state index in [1.165, 1.54) is 19.1 Å². The standard InChI is InChI=1S/C16H15ClFNO2/c1-10-6-13(18)9-14(7-10)19-16(2,15(20)21)11-4-3-5-12(17)8-11/h3-9,19H,1-2H3,(H,20,21). The summed E-state index contributed by atoms with van der Waals surface area (Å²) >= 11 is 5.93. The molecule has 0 saturated heterocycles. The van der Waals surface area contributed by atoms with Crippen LogP contribution in [0.4, 0.5) is 10.1 Å². The van der Waals surface area contributed by atoms with Gasteiger partial charge in [0.2, 0.25) is 0 Å². The van der Waals surface area contributed by atoms with E-state index in [2.05, 4.69) is 5.32 Å². The van der Waals surface area contributed by atoms with E-state index in [1.807, 2.05) is 0 Å². The molecule has 3 nitrogen and oxygen atoms in total. The lowest BCUT2D eigenvalue weighted by Crippen LogP contribution is -2.40. The zero-order valence-corrected chi connectivity index (χ0v) is 12.4. The third-order valence-corrected chi connectivity index (χ3v) is 3.50. The fraction of sp³-hybridized carbons (Fsp3) is 0.188. The molecule has 0 heterocycles. The average molecular weight is 308 g/mol. The SMILES string of the molecule is Cc1cc(F)cc(NC(C)(C(=O)O)c2cccc(Cl)c2)c1. The van der Waals surface area contributed by atoms with Gasteiger partial charge in [-0.1, -0.05) is 23.7 Å². The molecule has 0 amide bonds. The Bertz CT molecular complexity index is 669. The molecule has 5 heteroatoms. The first kappa shape index (κ1) is 15.3. The number of carboxylic acid groups (broad SMARTS) is 1. The Balaban J connectivity index is 2.45. The Kier molecular flexibility index (Phi) is 4.19. The van der Waals surface area contributed by atoms with Gasteiger partial charge in [-0.25, -0.2) is 9.18 Å². The number of hydrogen-bond donors (Lipinski definition) is 2. The second-order valence-electron chi connectivity index (χ2n) is 5.08. The average Bonchev–Trinajstić information content (AvgIpc) is 2.37. The van der Waals surface area contributed by atoms with Gasteiger partial charge in [0, 0.05) is 10.7 Å². The molecule has 0 radical (unpaired) electrons. The molecule has 0 fully saturated rings. The van der Waals surface area contributed by atoms with Crippen LogP contribution in [0, 0.1) is 12.7 Å². The highest BCUT2D eigenvalue weighted by Gasteiger charge is 2.35. The second kappa shape index (κ2) is 5.74. The van der Waals surface area contributed by atoms with Crippen molar-refractivity contribution in [1.29, 1.82) is 0 Å². The van der Waals surface area contributed by atoms with Gasteiger partial charge in [0.25, 0.3) is 0 Å². The van der Waals surface area contributed by atoms with E-state index in [9.17, 15) is 14.3 Å². The van der Waals surface area contributed by atoms with Crippen LogP contribution < -0.4 is 5.32 Å². The smallest absolute Gasteiger partial charge is 0.333 e. The van der Waals surface area contributed by atoms with E-state index in [0.29, 0.717) is 21.8 Å². The number of anilines is 1. The van der Waals surface area contributed by atoms with Crippen LogP contribution in [-0.2, 0) is 10.3 Å². The quantitative estimate of drug-likeness (QED) is 0.890. The van der Waals surface area contributed by atoms with Crippen LogP contribution in [-0.4, -0.2) is 11.1 Å². The fourth-order valence-electron chi connectivity index (χ4n) is 2.15. The van der Waals surface area contributed by atoms with Crippen molar-refractivity contribution in [2.24, 2.45) is 0 Å². The number of nitrogens with one attached hydrogen (secondary N) is 1. The molecule has 0 aromatic heterocycles. The molecule has 0 bridgehead atoms. The van der Waals surface area contributed by atoms with Gasteiger partial charge in [-0.05, 0) is 55.3 Å². The maximum absolute atomic E-state index is 13.5. The predicted octanol–water partition coefficient (Wildman–Crippen LogP) is 4.20. The van der Waals surface area contributed by atoms with Crippen LogP contribution >= 0.6 is 11.6 Å². The minimum absolute atomic E-state index is 0.400. The molecule has 0 aliphatic rings. The van der Waals surface area contributed by atoms with Crippen LogP contribution in [0.5, 0.6) is 0 Å². The van der Waals surface area contributed by atoms with Crippen molar-refractivity contribution in [3.05, 3.63) is 64.4 Å². The molecule has 2 aromatic carbocycles. The zero-order valence-electron chi connectivity index (χ0n) is 11.7. The van der Waals surface area contributed by atoms with Gasteiger partial charge in [0.05, 0.1) is 0 Å². The molecule has 1 unspecified atom stereocenters. The van der Waals surface area contributed by atoms with Crippen molar-refractivity contribution >= 4 is 23.3 Å². The van der Waals surface area contributed by atoms with E-state index in [-0.39, 0.29) is 0 Å². The van der Waals surface area contributed by atoms with Crippen molar-refractivity contribution in [3.63, 3.8) is 0 Å². The van der Waals surface area contributed by atoms with E-state index in [1.54, 1.807) is 37.3 Å². The van der Waals surface area contributed by atoms with E-state index in [0.717, 1.165) is 0 Å². The van der Waals surface area contributed by atoms with Gasteiger partial charge in [0.1, 0.15) is 5.82 Å². The molecular formula is C16H15ClFNO2. The van der Waals surface area contributed by atoms with Gasteiger partial charge < -0.3 is 10.4 Å². The number of carbonyl (C=O) groups is 1. The van der Waals surface area contributed by atoms with Crippen LogP contribution in [0.15, 0.2) is 42.5 Å². The normalized spacial score (nSPS) is 13.5. The van der Waals surface area contributed by atoms with Gasteiger partial charge in [-0.2, -0.15) is 0 Å². The molecule has 110 valence electrons. The molecule has 0 aliphatic heterocycles. The van der Waals surface area contributed by atoms with Crippen LogP contribution in [0.25, 0.3) is 0 Å². The molecule has 2 aromatic rings. The molecule has 0 aliphatic carbocycles. The number of rotatable bonds is 4. The Morgan fingerprint density at radius 2 is 2.00 bits per heavy atom. The Hall–Kier alpha value is -2.07. The highest BCUT2D eigenvalue weighted by atomic mass is 35.5. The maximum atomic E-state index is 13.5. The van der Waals surface area contributed by atoms with Crippen molar-refractivity contribution in [2.45, 2.75) is 19.4 Å². The van der Waals surface area contributed by atoms with E-state index in [4.69, 9.17) is 11.6 Å².